The number of rotatable bonds is 5. The second-order valence-electron chi connectivity index (χ2n) is 4.94. The van der Waals surface area contributed by atoms with Crippen LogP contribution in [0.25, 0.3) is 11.3 Å². The van der Waals surface area contributed by atoms with Crippen molar-refractivity contribution in [2.45, 2.75) is 10.9 Å². The van der Waals surface area contributed by atoms with Crippen LogP contribution in [-0.2, 0) is 5.75 Å². The second-order valence-corrected chi connectivity index (χ2v) is 5.88. The van der Waals surface area contributed by atoms with Crippen LogP contribution in [0.15, 0.2) is 59.9 Å². The lowest BCUT2D eigenvalue weighted by Gasteiger charge is -2.05. The van der Waals surface area contributed by atoms with E-state index in [4.69, 9.17) is 10.6 Å². The van der Waals surface area contributed by atoms with Gasteiger partial charge in [0.1, 0.15) is 0 Å². The van der Waals surface area contributed by atoms with Crippen molar-refractivity contribution >= 4 is 11.8 Å². The van der Waals surface area contributed by atoms with E-state index in [9.17, 15) is 4.39 Å². The van der Waals surface area contributed by atoms with Gasteiger partial charge < -0.3 is 10.6 Å². The molecule has 118 valence electrons. The first-order chi connectivity index (χ1) is 11.2. The summed E-state index contributed by atoms with van der Waals surface area (Å²) >= 11 is 1.46. The maximum absolute atomic E-state index is 13.7. The predicted molar refractivity (Wildman–Crippen MR) is 90.3 cm³/mol. The number of hydrogen-bond acceptors (Lipinski definition) is 4. The van der Waals surface area contributed by atoms with E-state index < -0.39 is 0 Å². The van der Waals surface area contributed by atoms with Crippen LogP contribution >= 0.6 is 11.8 Å². The van der Waals surface area contributed by atoms with Crippen LogP contribution < -0.4 is 10.6 Å². The van der Waals surface area contributed by atoms with Gasteiger partial charge in [-0.15, -0.1) is 0 Å². The monoisotopic (exact) mass is 329 g/mol. The molecule has 1 aromatic heterocycles. The maximum atomic E-state index is 13.7. The Bertz CT molecular complexity index is 805. The first-order valence-corrected chi connectivity index (χ1v) is 8.01. The Morgan fingerprint density at radius 2 is 2.00 bits per heavy atom. The van der Waals surface area contributed by atoms with Crippen LogP contribution in [0.1, 0.15) is 5.56 Å². The number of benzene rings is 2. The van der Waals surface area contributed by atoms with Crippen LogP contribution in [0.5, 0.6) is 5.75 Å². The molecule has 2 N–H and O–H groups in total. The lowest BCUT2D eigenvalue weighted by atomic mass is 10.2. The van der Waals surface area contributed by atoms with Crippen molar-refractivity contribution in [3.05, 3.63) is 66.1 Å². The average molecular weight is 329 g/mol. The minimum Gasteiger partial charge on any atom is -0.494 e. The third-order valence-electron chi connectivity index (χ3n) is 3.35. The Morgan fingerprint density at radius 3 is 2.70 bits per heavy atom. The van der Waals surface area contributed by atoms with E-state index in [1.165, 1.54) is 29.6 Å². The summed E-state index contributed by atoms with van der Waals surface area (Å²) in [5.74, 6) is 6.40. The summed E-state index contributed by atoms with van der Waals surface area (Å²) in [5, 5.41) is 0.681. The van der Waals surface area contributed by atoms with Crippen molar-refractivity contribution in [2.75, 3.05) is 13.0 Å². The second kappa shape index (κ2) is 6.75. The van der Waals surface area contributed by atoms with Crippen molar-refractivity contribution in [3.8, 4) is 17.0 Å². The Labute approximate surface area is 138 Å². The van der Waals surface area contributed by atoms with Gasteiger partial charge in [-0.1, -0.05) is 48.2 Å². The average Bonchev–Trinajstić information content (AvgIpc) is 2.95. The summed E-state index contributed by atoms with van der Waals surface area (Å²) in [6.07, 6.45) is 1.78. The normalized spacial score (nSPS) is 10.7. The smallest absolute Gasteiger partial charge is 0.187 e. The largest absolute Gasteiger partial charge is 0.494 e. The molecule has 0 fully saturated rings. The summed E-state index contributed by atoms with van der Waals surface area (Å²) in [6, 6.07) is 14.7. The van der Waals surface area contributed by atoms with Crippen molar-refractivity contribution in [1.82, 2.24) is 9.66 Å². The molecule has 3 aromatic rings. The van der Waals surface area contributed by atoms with Gasteiger partial charge in [0.25, 0.3) is 0 Å². The van der Waals surface area contributed by atoms with E-state index in [0.29, 0.717) is 10.9 Å². The number of ether oxygens (including phenoxy) is 1. The Kier molecular flexibility index (Phi) is 4.52. The van der Waals surface area contributed by atoms with Gasteiger partial charge in [0.15, 0.2) is 16.7 Å². The molecule has 1 heterocycles. The van der Waals surface area contributed by atoms with E-state index in [1.54, 1.807) is 12.3 Å². The SMILES string of the molecule is COc1ccc(CSc2nc(-c3ccccc3)cn2N)cc1F. The van der Waals surface area contributed by atoms with Crippen LogP contribution in [0, 0.1) is 5.82 Å². The number of methoxy groups -OCH3 is 1. The number of nitrogens with two attached hydrogens (primary N) is 1. The number of nitrogens with zero attached hydrogens (tertiary/aromatic N) is 2. The summed E-state index contributed by atoms with van der Waals surface area (Å²) in [7, 11) is 1.45. The van der Waals surface area contributed by atoms with Gasteiger partial charge in [-0.05, 0) is 17.7 Å². The highest BCUT2D eigenvalue weighted by molar-refractivity contribution is 7.98. The van der Waals surface area contributed by atoms with E-state index in [-0.39, 0.29) is 11.6 Å². The zero-order valence-electron chi connectivity index (χ0n) is 12.6. The summed E-state index contributed by atoms with van der Waals surface area (Å²) in [5.41, 5.74) is 2.67. The molecular formula is C17H16FN3OS. The maximum Gasteiger partial charge on any atom is 0.187 e. The van der Waals surface area contributed by atoms with Crippen molar-refractivity contribution in [3.63, 3.8) is 0 Å². The molecule has 4 nitrogen and oxygen atoms in total. The van der Waals surface area contributed by atoms with Crippen molar-refractivity contribution in [2.24, 2.45) is 0 Å². The number of halogens is 1. The van der Waals surface area contributed by atoms with Gasteiger partial charge in [0.2, 0.25) is 0 Å². The highest BCUT2D eigenvalue weighted by atomic mass is 32.2. The molecule has 23 heavy (non-hydrogen) atoms. The Balaban J connectivity index is 1.74. The molecule has 0 aliphatic carbocycles. The molecule has 0 unspecified atom stereocenters. The molecule has 0 radical (unpaired) electrons. The molecule has 3 rings (SSSR count). The fourth-order valence-corrected chi connectivity index (χ4v) is 3.02. The van der Waals surface area contributed by atoms with Crippen molar-refractivity contribution < 1.29 is 9.13 Å². The zero-order valence-corrected chi connectivity index (χ0v) is 13.4. The van der Waals surface area contributed by atoms with E-state index >= 15 is 0 Å². The molecule has 0 atom stereocenters. The molecule has 0 saturated carbocycles. The standard InChI is InChI=1S/C17H16FN3OS/c1-22-16-8-7-12(9-14(16)18)11-23-17-20-15(10-21(17)19)13-5-3-2-4-6-13/h2-10H,11,19H2,1H3. The number of imidazole rings is 1. The van der Waals surface area contributed by atoms with Gasteiger partial charge >= 0.3 is 0 Å². The quantitative estimate of drug-likeness (QED) is 0.573. The lowest BCUT2D eigenvalue weighted by Crippen LogP contribution is -2.07. The number of nitrogen functional groups attached to an aromatic ring is 1. The molecule has 0 spiro atoms. The van der Waals surface area contributed by atoms with Crippen LogP contribution in [0.4, 0.5) is 4.39 Å². The molecule has 2 aromatic carbocycles. The van der Waals surface area contributed by atoms with Gasteiger partial charge in [-0.3, -0.25) is 0 Å². The van der Waals surface area contributed by atoms with Crippen LogP contribution in [0.2, 0.25) is 0 Å². The summed E-state index contributed by atoms with van der Waals surface area (Å²) < 4.78 is 20.1. The van der Waals surface area contributed by atoms with E-state index in [0.717, 1.165) is 16.8 Å². The summed E-state index contributed by atoms with van der Waals surface area (Å²) in [4.78, 5) is 4.53. The third-order valence-corrected chi connectivity index (χ3v) is 4.39. The Hall–Kier alpha value is -2.47. The molecule has 0 aliphatic heterocycles. The van der Waals surface area contributed by atoms with Gasteiger partial charge in [-0.2, -0.15) is 0 Å². The molecule has 0 aliphatic rings. The zero-order chi connectivity index (χ0) is 16.2. The van der Waals surface area contributed by atoms with E-state index in [1.807, 2.05) is 36.4 Å². The lowest BCUT2D eigenvalue weighted by molar-refractivity contribution is 0.386. The number of hydrogen-bond donors (Lipinski definition) is 1. The molecule has 0 amide bonds. The molecule has 0 saturated heterocycles. The van der Waals surface area contributed by atoms with E-state index in [2.05, 4.69) is 4.98 Å². The van der Waals surface area contributed by atoms with Crippen LogP contribution in [-0.4, -0.2) is 16.8 Å². The molecule has 0 bridgehead atoms. The van der Waals surface area contributed by atoms with Gasteiger partial charge in [0, 0.05) is 11.3 Å². The molecular weight excluding hydrogens is 313 g/mol. The van der Waals surface area contributed by atoms with Gasteiger partial charge in [-0.25, -0.2) is 14.1 Å². The minimum absolute atomic E-state index is 0.241. The first-order valence-electron chi connectivity index (χ1n) is 7.02. The predicted octanol–water partition coefficient (Wildman–Crippen LogP) is 3.70. The fraction of sp³-hybridized carbons (Fsp3) is 0.118. The highest BCUT2D eigenvalue weighted by Gasteiger charge is 2.10. The van der Waals surface area contributed by atoms with Crippen LogP contribution in [0.3, 0.4) is 0 Å². The highest BCUT2D eigenvalue weighted by Crippen LogP contribution is 2.27. The fourth-order valence-electron chi connectivity index (χ4n) is 2.18. The molecule has 6 heteroatoms. The number of aromatic nitrogens is 2. The number of thioether (sulfide) groups is 1. The van der Waals surface area contributed by atoms with Crippen molar-refractivity contribution in [1.29, 1.82) is 0 Å². The van der Waals surface area contributed by atoms with Gasteiger partial charge in [0.05, 0.1) is 19.0 Å². The first kappa shape index (κ1) is 15.4. The summed E-state index contributed by atoms with van der Waals surface area (Å²) in [6.45, 7) is 0. The topological polar surface area (TPSA) is 53.1 Å². The third kappa shape index (κ3) is 3.48. The minimum atomic E-state index is -0.369. The Morgan fingerprint density at radius 1 is 1.22 bits per heavy atom.